The van der Waals surface area contributed by atoms with Crippen LogP contribution in [0, 0.1) is 0 Å². The lowest BCUT2D eigenvalue weighted by Gasteiger charge is -2.21. The molecule has 3 atom stereocenters. The number of rotatable bonds is 11. The normalized spacial score (nSPS) is 14.6. The SMILES string of the molecule is O=C(O)c1ccc(NN=C(/C=N\Nc2ccc(C(=O)O)cc2)[C@@H](O)[C@H](O)[C@H](O)CO)cc1. The van der Waals surface area contributed by atoms with Crippen LogP contribution < -0.4 is 10.9 Å². The van der Waals surface area contributed by atoms with Gasteiger partial charge >= 0.3 is 11.9 Å². The summed E-state index contributed by atoms with van der Waals surface area (Å²) in [7, 11) is 0. The summed E-state index contributed by atoms with van der Waals surface area (Å²) in [6, 6.07) is 11.1. The number of aliphatic hydroxyl groups excluding tert-OH is 4. The highest BCUT2D eigenvalue weighted by Crippen LogP contribution is 2.11. The Labute approximate surface area is 181 Å². The number of hydrazone groups is 2. The van der Waals surface area contributed by atoms with E-state index in [1.54, 1.807) is 0 Å². The van der Waals surface area contributed by atoms with Crippen molar-refractivity contribution in [2.45, 2.75) is 18.3 Å². The Kier molecular flexibility index (Phi) is 8.80. The topological polar surface area (TPSA) is 204 Å². The second kappa shape index (κ2) is 11.5. The number of nitrogens with zero attached hydrogens (tertiary/aromatic N) is 2. The van der Waals surface area contributed by atoms with Crippen LogP contribution in [-0.2, 0) is 0 Å². The lowest BCUT2D eigenvalue weighted by Crippen LogP contribution is -2.44. The molecule has 0 fully saturated rings. The van der Waals surface area contributed by atoms with E-state index in [-0.39, 0.29) is 16.8 Å². The fraction of sp³-hybridized carbons (Fsp3) is 0.200. The van der Waals surface area contributed by atoms with Gasteiger partial charge < -0.3 is 30.6 Å². The van der Waals surface area contributed by atoms with E-state index in [0.29, 0.717) is 11.4 Å². The minimum atomic E-state index is -1.78. The van der Waals surface area contributed by atoms with Gasteiger partial charge in [-0.1, -0.05) is 0 Å². The van der Waals surface area contributed by atoms with Gasteiger partial charge in [0.2, 0.25) is 0 Å². The molecule has 2 aromatic carbocycles. The second-order valence-electron chi connectivity index (χ2n) is 6.47. The van der Waals surface area contributed by atoms with Crippen molar-refractivity contribution < 1.29 is 40.2 Å². The van der Waals surface area contributed by atoms with Crippen molar-refractivity contribution in [2.75, 3.05) is 17.5 Å². The molecule has 0 unspecified atom stereocenters. The molecule has 32 heavy (non-hydrogen) atoms. The van der Waals surface area contributed by atoms with Crippen LogP contribution in [0.5, 0.6) is 0 Å². The van der Waals surface area contributed by atoms with Crippen LogP contribution in [0.1, 0.15) is 20.7 Å². The van der Waals surface area contributed by atoms with Gasteiger partial charge in [0, 0.05) is 0 Å². The van der Waals surface area contributed by atoms with Gasteiger partial charge in [0.25, 0.3) is 0 Å². The zero-order valence-corrected chi connectivity index (χ0v) is 16.5. The Hall–Kier alpha value is -3.84. The molecule has 0 aliphatic heterocycles. The Bertz CT molecular complexity index is 976. The first-order valence-corrected chi connectivity index (χ1v) is 9.17. The van der Waals surface area contributed by atoms with E-state index in [9.17, 15) is 24.9 Å². The molecule has 0 heterocycles. The average Bonchev–Trinajstić information content (AvgIpc) is 2.80. The van der Waals surface area contributed by atoms with Gasteiger partial charge in [-0.15, -0.1) is 0 Å². The van der Waals surface area contributed by atoms with E-state index >= 15 is 0 Å². The largest absolute Gasteiger partial charge is 0.478 e. The number of aliphatic hydroxyl groups is 4. The van der Waals surface area contributed by atoms with E-state index in [1.807, 2.05) is 0 Å². The van der Waals surface area contributed by atoms with Gasteiger partial charge in [-0.05, 0) is 48.5 Å². The van der Waals surface area contributed by atoms with Crippen LogP contribution in [-0.4, -0.2) is 79.4 Å². The maximum atomic E-state index is 10.9. The summed E-state index contributed by atoms with van der Waals surface area (Å²) < 4.78 is 0. The summed E-state index contributed by atoms with van der Waals surface area (Å²) >= 11 is 0. The molecule has 0 saturated carbocycles. The molecule has 0 amide bonds. The van der Waals surface area contributed by atoms with E-state index in [0.717, 1.165) is 6.21 Å². The predicted octanol–water partition coefficient (Wildman–Crippen LogP) is 0.0238. The number of hydrogen-bond acceptors (Lipinski definition) is 10. The van der Waals surface area contributed by atoms with Gasteiger partial charge in [-0.25, -0.2) is 9.59 Å². The predicted molar refractivity (Wildman–Crippen MR) is 115 cm³/mol. The summed E-state index contributed by atoms with van der Waals surface area (Å²) in [6.07, 6.45) is -4.13. The maximum absolute atomic E-state index is 10.9. The molecule has 0 bridgehead atoms. The lowest BCUT2D eigenvalue weighted by molar-refractivity contribution is -0.0548. The van der Waals surface area contributed by atoms with Gasteiger partial charge in [-0.3, -0.25) is 10.9 Å². The van der Waals surface area contributed by atoms with E-state index in [1.165, 1.54) is 48.5 Å². The number of anilines is 2. The van der Waals surface area contributed by atoms with E-state index in [2.05, 4.69) is 21.1 Å². The van der Waals surface area contributed by atoms with Crippen LogP contribution in [0.2, 0.25) is 0 Å². The molecule has 0 spiro atoms. The third-order valence-electron chi connectivity index (χ3n) is 4.18. The van der Waals surface area contributed by atoms with Crippen LogP contribution in [0.3, 0.4) is 0 Å². The smallest absolute Gasteiger partial charge is 0.335 e. The van der Waals surface area contributed by atoms with Crippen molar-refractivity contribution in [2.24, 2.45) is 10.2 Å². The van der Waals surface area contributed by atoms with Crippen molar-refractivity contribution >= 4 is 35.2 Å². The minimum absolute atomic E-state index is 0.0564. The van der Waals surface area contributed by atoms with Crippen LogP contribution in [0.4, 0.5) is 11.4 Å². The fourth-order valence-corrected chi connectivity index (χ4v) is 2.34. The van der Waals surface area contributed by atoms with Crippen molar-refractivity contribution in [3.8, 4) is 0 Å². The summed E-state index contributed by atoms with van der Waals surface area (Å²) in [5.41, 5.74) is 5.85. The number of carboxylic acids is 2. The van der Waals surface area contributed by atoms with Crippen molar-refractivity contribution in [3.05, 3.63) is 59.7 Å². The van der Waals surface area contributed by atoms with E-state index < -0.39 is 36.9 Å². The first kappa shape index (κ1) is 24.4. The number of aromatic carboxylic acids is 2. The van der Waals surface area contributed by atoms with Crippen molar-refractivity contribution in [3.63, 3.8) is 0 Å². The number of nitrogens with one attached hydrogen (secondary N) is 2. The molecule has 0 saturated heterocycles. The molecular formula is C20H22N4O8. The summed E-state index contributed by atoms with van der Waals surface area (Å²) in [6.45, 7) is -0.805. The van der Waals surface area contributed by atoms with E-state index in [4.69, 9.17) is 15.3 Å². The highest BCUT2D eigenvalue weighted by Gasteiger charge is 2.28. The number of hydrogen-bond donors (Lipinski definition) is 8. The molecule has 12 heteroatoms. The van der Waals surface area contributed by atoms with Gasteiger partial charge in [-0.2, -0.15) is 10.2 Å². The summed E-state index contributed by atoms with van der Waals surface area (Å²) in [5, 5.41) is 64.5. The Balaban J connectivity index is 2.18. The Morgan fingerprint density at radius 1 is 0.844 bits per heavy atom. The van der Waals surface area contributed by atoms with Crippen LogP contribution >= 0.6 is 0 Å². The molecule has 0 aliphatic carbocycles. The molecule has 0 aliphatic rings. The molecule has 2 aromatic rings. The third-order valence-corrected chi connectivity index (χ3v) is 4.18. The highest BCUT2D eigenvalue weighted by atomic mass is 16.4. The highest BCUT2D eigenvalue weighted by molar-refractivity contribution is 6.33. The molecule has 8 N–H and O–H groups in total. The zero-order valence-electron chi connectivity index (χ0n) is 16.5. The quantitative estimate of drug-likeness (QED) is 0.172. The average molecular weight is 446 g/mol. The first-order valence-electron chi connectivity index (χ1n) is 9.17. The summed E-state index contributed by atoms with van der Waals surface area (Å²) in [5.74, 6) is -2.19. The van der Waals surface area contributed by atoms with Crippen LogP contribution in [0.15, 0.2) is 58.7 Å². The molecule has 0 aromatic heterocycles. The molecule has 170 valence electrons. The minimum Gasteiger partial charge on any atom is -0.478 e. The van der Waals surface area contributed by atoms with Crippen molar-refractivity contribution in [1.82, 2.24) is 0 Å². The fourth-order valence-electron chi connectivity index (χ4n) is 2.34. The van der Waals surface area contributed by atoms with Gasteiger partial charge in [0.15, 0.2) is 0 Å². The lowest BCUT2D eigenvalue weighted by atomic mass is 10.0. The molecular weight excluding hydrogens is 424 g/mol. The molecule has 12 nitrogen and oxygen atoms in total. The number of carbonyl (C=O) groups is 2. The maximum Gasteiger partial charge on any atom is 0.335 e. The Morgan fingerprint density at radius 2 is 1.31 bits per heavy atom. The van der Waals surface area contributed by atoms with Crippen LogP contribution in [0.25, 0.3) is 0 Å². The molecule has 2 rings (SSSR count). The van der Waals surface area contributed by atoms with Gasteiger partial charge in [0.1, 0.15) is 24.0 Å². The monoisotopic (exact) mass is 446 g/mol. The summed E-state index contributed by atoms with van der Waals surface area (Å²) in [4.78, 5) is 21.8. The third kappa shape index (κ3) is 6.85. The number of benzene rings is 2. The Morgan fingerprint density at radius 3 is 1.75 bits per heavy atom. The molecule has 0 radical (unpaired) electrons. The number of carboxylic acid groups (broad SMARTS) is 2. The first-order chi connectivity index (χ1) is 15.2. The van der Waals surface area contributed by atoms with Gasteiger partial charge in [0.05, 0.1) is 35.3 Å². The standard InChI is InChI=1S/C20H22N4O8/c25-10-16(26)18(28)17(27)15(24-23-14-7-3-12(4-8-14)20(31)32)9-21-22-13-5-1-11(2-6-13)19(29)30/h1-9,16-18,22-23,25-28H,10H2,(H,29,30)(H,31,32)/b21-9-,24-15?/t16-,17-,18-/m1/s1. The zero-order chi connectivity index (χ0) is 23.7. The second-order valence-corrected chi connectivity index (χ2v) is 6.47. The van der Waals surface area contributed by atoms with Crippen molar-refractivity contribution in [1.29, 1.82) is 0 Å².